The second-order valence-corrected chi connectivity index (χ2v) is 6.46. The topological polar surface area (TPSA) is 49.4 Å². The van der Waals surface area contributed by atoms with Crippen molar-refractivity contribution in [3.8, 4) is 0 Å². The number of carbonyl (C=O) groups is 2. The molecule has 0 saturated carbocycles. The molecule has 2 aromatic rings. The molecule has 0 aliphatic rings. The first-order chi connectivity index (χ1) is 12.4. The Bertz CT molecular complexity index is 765. The van der Waals surface area contributed by atoms with E-state index < -0.39 is 6.04 Å². The van der Waals surface area contributed by atoms with Crippen molar-refractivity contribution in [2.45, 2.75) is 32.9 Å². The normalized spacial score (nSPS) is 11.7. The van der Waals surface area contributed by atoms with Crippen LogP contribution in [0.4, 0.5) is 4.39 Å². The Kier molecular flexibility index (Phi) is 7.16. The molecule has 138 valence electrons. The largest absolute Gasteiger partial charge is 0.355 e. The minimum atomic E-state index is -0.647. The maximum Gasteiger partial charge on any atom is 0.242 e. The number of nitrogens with zero attached hydrogens (tertiary/aromatic N) is 1. The van der Waals surface area contributed by atoms with Crippen LogP contribution in [0.1, 0.15) is 25.0 Å². The molecule has 0 fully saturated rings. The Balaban J connectivity index is 2.21. The van der Waals surface area contributed by atoms with Crippen LogP contribution in [0.5, 0.6) is 0 Å². The number of rotatable bonds is 7. The molecule has 1 atom stereocenters. The third kappa shape index (κ3) is 5.56. The summed E-state index contributed by atoms with van der Waals surface area (Å²) >= 11 is 5.98. The van der Waals surface area contributed by atoms with Crippen LogP contribution in [-0.4, -0.2) is 29.3 Å². The molecule has 6 heteroatoms. The van der Waals surface area contributed by atoms with Crippen LogP contribution in [0.25, 0.3) is 0 Å². The molecule has 0 aliphatic heterocycles. The van der Waals surface area contributed by atoms with Crippen molar-refractivity contribution in [3.05, 3.63) is 70.5 Å². The third-order valence-corrected chi connectivity index (χ3v) is 4.26. The first-order valence-corrected chi connectivity index (χ1v) is 8.84. The van der Waals surface area contributed by atoms with E-state index in [-0.39, 0.29) is 30.6 Å². The van der Waals surface area contributed by atoms with Crippen molar-refractivity contribution in [1.82, 2.24) is 10.2 Å². The molecule has 0 aliphatic carbocycles. The van der Waals surface area contributed by atoms with Gasteiger partial charge in [0.1, 0.15) is 11.9 Å². The van der Waals surface area contributed by atoms with Crippen molar-refractivity contribution in [2.75, 3.05) is 6.54 Å². The molecule has 4 nitrogen and oxygen atoms in total. The van der Waals surface area contributed by atoms with Gasteiger partial charge in [0, 0.05) is 18.1 Å². The summed E-state index contributed by atoms with van der Waals surface area (Å²) in [6, 6.07) is 12.3. The van der Waals surface area contributed by atoms with Gasteiger partial charge >= 0.3 is 0 Å². The Labute approximate surface area is 158 Å². The van der Waals surface area contributed by atoms with E-state index in [2.05, 4.69) is 5.32 Å². The summed E-state index contributed by atoms with van der Waals surface area (Å²) in [5, 5.41) is 3.29. The van der Waals surface area contributed by atoms with E-state index in [0.717, 1.165) is 11.1 Å². The molecule has 0 bridgehead atoms. The fourth-order valence-corrected chi connectivity index (χ4v) is 2.83. The lowest BCUT2D eigenvalue weighted by molar-refractivity contribution is -0.140. The first-order valence-electron chi connectivity index (χ1n) is 8.46. The van der Waals surface area contributed by atoms with Crippen LogP contribution in [0, 0.1) is 5.82 Å². The number of likely N-dealkylation sites (N-methyl/N-ethyl adjacent to an activating group) is 1. The smallest absolute Gasteiger partial charge is 0.242 e. The third-order valence-electron chi connectivity index (χ3n) is 4.03. The van der Waals surface area contributed by atoms with Gasteiger partial charge in [0.2, 0.25) is 11.8 Å². The van der Waals surface area contributed by atoms with Gasteiger partial charge in [-0.15, -0.1) is 0 Å². The van der Waals surface area contributed by atoms with Crippen LogP contribution < -0.4 is 5.32 Å². The molecule has 2 rings (SSSR count). The standard InChI is InChI=1S/C20H22ClFN2O2/c1-3-23-20(26)14(2)24(13-15-7-9-18(22)10-8-15)19(25)12-16-5-4-6-17(21)11-16/h4-11,14H,3,12-13H2,1-2H3,(H,23,26)/t14-/m0/s1. The maximum atomic E-state index is 13.1. The van der Waals surface area contributed by atoms with Crippen molar-refractivity contribution in [3.63, 3.8) is 0 Å². The summed E-state index contributed by atoms with van der Waals surface area (Å²) in [5.41, 5.74) is 1.52. The van der Waals surface area contributed by atoms with Gasteiger partial charge in [0.25, 0.3) is 0 Å². The van der Waals surface area contributed by atoms with Gasteiger partial charge in [-0.05, 0) is 49.2 Å². The minimum absolute atomic E-state index is 0.130. The predicted molar refractivity (Wildman–Crippen MR) is 100 cm³/mol. The number of halogens is 2. The van der Waals surface area contributed by atoms with Gasteiger partial charge in [-0.3, -0.25) is 9.59 Å². The highest BCUT2D eigenvalue weighted by molar-refractivity contribution is 6.30. The van der Waals surface area contributed by atoms with Crippen LogP contribution in [0.15, 0.2) is 48.5 Å². The number of amides is 2. The number of hydrogen-bond donors (Lipinski definition) is 1. The van der Waals surface area contributed by atoms with E-state index in [9.17, 15) is 14.0 Å². The molecule has 0 spiro atoms. The van der Waals surface area contributed by atoms with Gasteiger partial charge in [0.15, 0.2) is 0 Å². The lowest BCUT2D eigenvalue weighted by Crippen LogP contribution is -2.48. The van der Waals surface area contributed by atoms with E-state index in [0.29, 0.717) is 11.6 Å². The van der Waals surface area contributed by atoms with E-state index in [1.165, 1.54) is 17.0 Å². The maximum absolute atomic E-state index is 13.1. The van der Waals surface area contributed by atoms with Crippen LogP contribution in [0.2, 0.25) is 5.02 Å². The zero-order valence-electron chi connectivity index (χ0n) is 14.8. The molecule has 2 aromatic carbocycles. The lowest BCUT2D eigenvalue weighted by atomic mass is 10.1. The van der Waals surface area contributed by atoms with Crippen molar-refractivity contribution in [1.29, 1.82) is 0 Å². The van der Waals surface area contributed by atoms with Gasteiger partial charge < -0.3 is 10.2 Å². The summed E-state index contributed by atoms with van der Waals surface area (Å²) < 4.78 is 13.1. The second kappa shape index (κ2) is 9.34. The quantitative estimate of drug-likeness (QED) is 0.803. The minimum Gasteiger partial charge on any atom is -0.355 e. The van der Waals surface area contributed by atoms with Crippen LogP contribution >= 0.6 is 11.6 Å². The summed E-state index contributed by atoms with van der Waals surface area (Å²) in [4.78, 5) is 26.6. The molecular weight excluding hydrogens is 355 g/mol. The highest BCUT2D eigenvalue weighted by Crippen LogP contribution is 2.15. The zero-order valence-corrected chi connectivity index (χ0v) is 15.6. The van der Waals surface area contributed by atoms with Gasteiger partial charge in [-0.1, -0.05) is 35.9 Å². The van der Waals surface area contributed by atoms with Crippen molar-refractivity contribution < 1.29 is 14.0 Å². The number of carbonyl (C=O) groups excluding carboxylic acids is 2. The second-order valence-electron chi connectivity index (χ2n) is 6.03. The molecule has 0 unspecified atom stereocenters. The number of benzene rings is 2. The van der Waals surface area contributed by atoms with E-state index in [1.807, 2.05) is 13.0 Å². The van der Waals surface area contributed by atoms with Crippen molar-refractivity contribution >= 4 is 23.4 Å². The van der Waals surface area contributed by atoms with E-state index in [4.69, 9.17) is 11.6 Å². The van der Waals surface area contributed by atoms with Crippen molar-refractivity contribution in [2.24, 2.45) is 0 Å². The SMILES string of the molecule is CCNC(=O)[C@H](C)N(Cc1ccc(F)cc1)C(=O)Cc1cccc(Cl)c1. The molecule has 0 radical (unpaired) electrons. The summed E-state index contributed by atoms with van der Waals surface area (Å²) in [6.45, 7) is 4.21. The Morgan fingerprint density at radius 3 is 2.46 bits per heavy atom. The fraction of sp³-hybridized carbons (Fsp3) is 0.300. The van der Waals surface area contributed by atoms with Crippen LogP contribution in [-0.2, 0) is 22.6 Å². The lowest BCUT2D eigenvalue weighted by Gasteiger charge is -2.29. The molecule has 0 aromatic heterocycles. The molecule has 1 N–H and O–H groups in total. The molecular formula is C20H22ClFN2O2. The molecule has 2 amide bonds. The Hall–Kier alpha value is -2.40. The average molecular weight is 377 g/mol. The molecule has 26 heavy (non-hydrogen) atoms. The molecule has 0 saturated heterocycles. The zero-order chi connectivity index (χ0) is 19.1. The summed E-state index contributed by atoms with van der Waals surface area (Å²) in [7, 11) is 0. The fourth-order valence-electron chi connectivity index (χ4n) is 2.61. The van der Waals surface area contributed by atoms with Gasteiger partial charge in [0.05, 0.1) is 6.42 Å². The monoisotopic (exact) mass is 376 g/mol. The molecule has 0 heterocycles. The number of nitrogens with one attached hydrogen (secondary N) is 1. The first kappa shape index (κ1) is 19.9. The summed E-state index contributed by atoms with van der Waals surface area (Å²) in [6.07, 6.45) is 0.130. The summed E-state index contributed by atoms with van der Waals surface area (Å²) in [5.74, 6) is -0.772. The Morgan fingerprint density at radius 2 is 1.85 bits per heavy atom. The van der Waals surface area contributed by atoms with Gasteiger partial charge in [-0.25, -0.2) is 4.39 Å². The number of hydrogen-bond acceptors (Lipinski definition) is 2. The average Bonchev–Trinajstić information content (AvgIpc) is 2.60. The highest BCUT2D eigenvalue weighted by Gasteiger charge is 2.25. The van der Waals surface area contributed by atoms with Crippen LogP contribution in [0.3, 0.4) is 0 Å². The van der Waals surface area contributed by atoms with E-state index >= 15 is 0 Å². The predicted octanol–water partition coefficient (Wildman–Crippen LogP) is 3.58. The highest BCUT2D eigenvalue weighted by atomic mass is 35.5. The van der Waals surface area contributed by atoms with Gasteiger partial charge in [-0.2, -0.15) is 0 Å². The van der Waals surface area contributed by atoms with E-state index in [1.54, 1.807) is 37.3 Å². The Morgan fingerprint density at radius 1 is 1.15 bits per heavy atom.